The predicted octanol–water partition coefficient (Wildman–Crippen LogP) is 2.15. The molecule has 0 saturated carbocycles. The van der Waals surface area contributed by atoms with Gasteiger partial charge in [0, 0.05) is 32.0 Å². The molecule has 1 N–H and O–H groups in total. The van der Waals surface area contributed by atoms with E-state index < -0.39 is 0 Å². The van der Waals surface area contributed by atoms with Crippen LogP contribution in [0.4, 0.5) is 0 Å². The Balaban J connectivity index is 1.95. The molecule has 0 spiro atoms. The zero-order chi connectivity index (χ0) is 13.0. The Morgan fingerprint density at radius 1 is 1.39 bits per heavy atom. The lowest BCUT2D eigenvalue weighted by Gasteiger charge is -2.36. The average Bonchev–Trinajstić information content (AvgIpc) is 2.80. The molecule has 3 nitrogen and oxygen atoms in total. The van der Waals surface area contributed by atoms with E-state index in [0.29, 0.717) is 5.41 Å². The number of rotatable bonds is 5. The van der Waals surface area contributed by atoms with E-state index in [9.17, 15) is 0 Å². The SMILES string of the molecule is CC(C)C1(CN(C)Cc2ccncc2)CCNC1. The lowest BCUT2D eigenvalue weighted by molar-refractivity contribution is 0.132. The van der Waals surface area contributed by atoms with Crippen LogP contribution < -0.4 is 5.32 Å². The lowest BCUT2D eigenvalue weighted by atomic mass is 9.76. The van der Waals surface area contributed by atoms with Crippen molar-refractivity contribution in [1.29, 1.82) is 0 Å². The third kappa shape index (κ3) is 3.09. The maximum absolute atomic E-state index is 4.07. The molecule has 1 aliphatic heterocycles. The Morgan fingerprint density at radius 2 is 2.11 bits per heavy atom. The zero-order valence-electron chi connectivity index (χ0n) is 11.8. The standard InChI is InChI=1S/C15H25N3/c1-13(2)15(6-9-17-11-15)12-18(3)10-14-4-7-16-8-5-14/h4-5,7-8,13,17H,6,9-12H2,1-3H3. The minimum absolute atomic E-state index is 0.446. The maximum atomic E-state index is 4.07. The second-order valence-corrected chi connectivity index (χ2v) is 5.97. The summed E-state index contributed by atoms with van der Waals surface area (Å²) in [6, 6.07) is 4.21. The predicted molar refractivity (Wildman–Crippen MR) is 75.3 cm³/mol. The van der Waals surface area contributed by atoms with Gasteiger partial charge in [-0.1, -0.05) is 13.8 Å². The number of pyridine rings is 1. The highest BCUT2D eigenvalue weighted by molar-refractivity contribution is 5.09. The number of nitrogens with one attached hydrogen (secondary N) is 1. The summed E-state index contributed by atoms with van der Waals surface area (Å²) in [7, 11) is 2.23. The fourth-order valence-electron chi connectivity index (χ4n) is 2.97. The van der Waals surface area contributed by atoms with E-state index in [1.807, 2.05) is 12.4 Å². The largest absolute Gasteiger partial charge is 0.316 e. The summed E-state index contributed by atoms with van der Waals surface area (Å²) in [4.78, 5) is 6.52. The summed E-state index contributed by atoms with van der Waals surface area (Å²) in [6.07, 6.45) is 5.04. The summed E-state index contributed by atoms with van der Waals surface area (Å²) in [5.41, 5.74) is 1.79. The monoisotopic (exact) mass is 247 g/mol. The molecule has 1 unspecified atom stereocenters. The van der Waals surface area contributed by atoms with Crippen LogP contribution in [0.3, 0.4) is 0 Å². The third-order valence-electron chi connectivity index (χ3n) is 4.29. The maximum Gasteiger partial charge on any atom is 0.0271 e. The van der Waals surface area contributed by atoms with Gasteiger partial charge in [0.1, 0.15) is 0 Å². The Labute approximate surface area is 111 Å². The first-order valence-corrected chi connectivity index (χ1v) is 6.90. The van der Waals surface area contributed by atoms with Crippen molar-refractivity contribution in [3.05, 3.63) is 30.1 Å². The molecule has 1 aromatic heterocycles. The number of hydrogen-bond donors (Lipinski definition) is 1. The van der Waals surface area contributed by atoms with Crippen molar-refractivity contribution >= 4 is 0 Å². The summed E-state index contributed by atoms with van der Waals surface area (Å²) in [6.45, 7) is 9.21. The van der Waals surface area contributed by atoms with Crippen molar-refractivity contribution in [2.24, 2.45) is 11.3 Å². The van der Waals surface area contributed by atoms with E-state index in [4.69, 9.17) is 0 Å². The highest BCUT2D eigenvalue weighted by atomic mass is 15.1. The fourth-order valence-corrected chi connectivity index (χ4v) is 2.97. The fraction of sp³-hybridized carbons (Fsp3) is 0.667. The number of nitrogens with zero attached hydrogens (tertiary/aromatic N) is 2. The van der Waals surface area contributed by atoms with Gasteiger partial charge in [0.05, 0.1) is 0 Å². The van der Waals surface area contributed by atoms with Crippen LogP contribution in [-0.2, 0) is 6.54 Å². The molecule has 0 aliphatic carbocycles. The van der Waals surface area contributed by atoms with Crippen LogP contribution in [0, 0.1) is 11.3 Å². The highest BCUT2D eigenvalue weighted by Crippen LogP contribution is 2.34. The van der Waals surface area contributed by atoms with Gasteiger partial charge in [-0.3, -0.25) is 4.98 Å². The summed E-state index contributed by atoms with van der Waals surface area (Å²) < 4.78 is 0. The summed E-state index contributed by atoms with van der Waals surface area (Å²) >= 11 is 0. The van der Waals surface area contributed by atoms with Gasteiger partial charge in [-0.25, -0.2) is 0 Å². The highest BCUT2D eigenvalue weighted by Gasteiger charge is 2.37. The molecule has 0 aromatic carbocycles. The molecular weight excluding hydrogens is 222 g/mol. The van der Waals surface area contributed by atoms with Crippen LogP contribution in [0.1, 0.15) is 25.8 Å². The molecule has 2 rings (SSSR count). The van der Waals surface area contributed by atoms with Crippen LogP contribution >= 0.6 is 0 Å². The van der Waals surface area contributed by atoms with Gasteiger partial charge < -0.3 is 10.2 Å². The van der Waals surface area contributed by atoms with E-state index in [1.54, 1.807) is 0 Å². The molecule has 0 radical (unpaired) electrons. The molecule has 18 heavy (non-hydrogen) atoms. The quantitative estimate of drug-likeness (QED) is 0.864. The van der Waals surface area contributed by atoms with Crippen LogP contribution in [0.15, 0.2) is 24.5 Å². The summed E-state index contributed by atoms with van der Waals surface area (Å²) in [5.74, 6) is 0.729. The Bertz CT molecular complexity index is 355. The van der Waals surface area contributed by atoms with Gasteiger partial charge in [-0.15, -0.1) is 0 Å². The molecule has 1 saturated heterocycles. The van der Waals surface area contributed by atoms with E-state index in [-0.39, 0.29) is 0 Å². The van der Waals surface area contributed by atoms with Crippen LogP contribution in [0.25, 0.3) is 0 Å². The number of aromatic nitrogens is 1. The van der Waals surface area contributed by atoms with E-state index in [0.717, 1.165) is 19.0 Å². The average molecular weight is 247 g/mol. The molecule has 0 bridgehead atoms. The molecule has 100 valence electrons. The second-order valence-electron chi connectivity index (χ2n) is 5.97. The van der Waals surface area contributed by atoms with Gasteiger partial charge in [-0.2, -0.15) is 0 Å². The zero-order valence-corrected chi connectivity index (χ0v) is 11.8. The lowest BCUT2D eigenvalue weighted by Crippen LogP contribution is -2.41. The Hall–Kier alpha value is -0.930. The van der Waals surface area contributed by atoms with Crippen molar-refractivity contribution in [3.63, 3.8) is 0 Å². The normalized spacial score (nSPS) is 24.1. The second kappa shape index (κ2) is 5.81. The minimum Gasteiger partial charge on any atom is -0.316 e. The van der Waals surface area contributed by atoms with Crippen LogP contribution in [0.5, 0.6) is 0 Å². The van der Waals surface area contributed by atoms with Crippen LogP contribution in [0.2, 0.25) is 0 Å². The smallest absolute Gasteiger partial charge is 0.0271 e. The van der Waals surface area contributed by atoms with Crippen molar-refractivity contribution in [1.82, 2.24) is 15.2 Å². The van der Waals surface area contributed by atoms with Gasteiger partial charge >= 0.3 is 0 Å². The van der Waals surface area contributed by atoms with Crippen LogP contribution in [-0.4, -0.2) is 36.6 Å². The molecule has 1 aromatic rings. The first-order chi connectivity index (χ1) is 8.62. The van der Waals surface area contributed by atoms with E-state index in [1.165, 1.54) is 25.1 Å². The van der Waals surface area contributed by atoms with E-state index >= 15 is 0 Å². The minimum atomic E-state index is 0.446. The molecule has 3 heteroatoms. The molecule has 1 fully saturated rings. The van der Waals surface area contributed by atoms with Crippen molar-refractivity contribution < 1.29 is 0 Å². The van der Waals surface area contributed by atoms with Crippen molar-refractivity contribution in [2.75, 3.05) is 26.7 Å². The molecule has 1 atom stereocenters. The topological polar surface area (TPSA) is 28.2 Å². The molecule has 1 aliphatic rings. The van der Waals surface area contributed by atoms with Crippen molar-refractivity contribution in [2.45, 2.75) is 26.8 Å². The molecular formula is C15H25N3. The number of hydrogen-bond acceptors (Lipinski definition) is 3. The van der Waals surface area contributed by atoms with Gasteiger partial charge in [0.15, 0.2) is 0 Å². The van der Waals surface area contributed by atoms with Gasteiger partial charge in [0.25, 0.3) is 0 Å². The molecule has 0 amide bonds. The van der Waals surface area contributed by atoms with Gasteiger partial charge in [0.2, 0.25) is 0 Å². The first kappa shape index (κ1) is 13.5. The van der Waals surface area contributed by atoms with Gasteiger partial charge in [-0.05, 0) is 49.0 Å². The third-order valence-corrected chi connectivity index (χ3v) is 4.29. The summed E-state index contributed by atoms with van der Waals surface area (Å²) in [5, 5.41) is 3.53. The van der Waals surface area contributed by atoms with E-state index in [2.05, 4.69) is 48.2 Å². The Morgan fingerprint density at radius 3 is 2.67 bits per heavy atom. The van der Waals surface area contributed by atoms with Crippen molar-refractivity contribution in [3.8, 4) is 0 Å². The molecule has 2 heterocycles. The first-order valence-electron chi connectivity index (χ1n) is 6.90. The Kier molecular flexibility index (Phi) is 4.36.